The van der Waals surface area contributed by atoms with E-state index in [1.54, 1.807) is 0 Å². The van der Waals surface area contributed by atoms with Crippen LogP contribution in [0.2, 0.25) is 0 Å². The minimum atomic E-state index is -0.540. The fourth-order valence-corrected chi connectivity index (χ4v) is 6.21. The van der Waals surface area contributed by atoms with Gasteiger partial charge in [-0.25, -0.2) is 4.79 Å². The van der Waals surface area contributed by atoms with E-state index in [2.05, 4.69) is 72.5 Å². The van der Waals surface area contributed by atoms with Gasteiger partial charge in [-0.05, 0) is 77.3 Å². The number of para-hydroxylation sites is 1. The van der Waals surface area contributed by atoms with Crippen LogP contribution in [0.25, 0.3) is 11.1 Å². The lowest BCUT2D eigenvalue weighted by Crippen LogP contribution is -2.43. The van der Waals surface area contributed by atoms with E-state index in [-0.39, 0.29) is 30.8 Å². The molecule has 1 fully saturated rings. The summed E-state index contributed by atoms with van der Waals surface area (Å²) in [6.07, 6.45) is 1.12. The molecule has 1 aliphatic heterocycles. The molecule has 4 atom stereocenters. The van der Waals surface area contributed by atoms with Crippen LogP contribution in [0.4, 0.5) is 10.5 Å². The molecule has 0 saturated carbocycles. The van der Waals surface area contributed by atoms with Gasteiger partial charge in [-0.1, -0.05) is 97.9 Å². The number of hydrogen-bond donors (Lipinski definition) is 3. The van der Waals surface area contributed by atoms with Gasteiger partial charge in [-0.2, -0.15) is 0 Å². The van der Waals surface area contributed by atoms with Gasteiger partial charge in [0.1, 0.15) is 11.5 Å². The lowest BCUT2D eigenvalue weighted by atomic mass is 9.90. The van der Waals surface area contributed by atoms with Gasteiger partial charge in [0.05, 0.1) is 18.8 Å². The minimum absolute atomic E-state index is 0.00474. The van der Waals surface area contributed by atoms with E-state index in [4.69, 9.17) is 14.2 Å². The van der Waals surface area contributed by atoms with Crippen molar-refractivity contribution in [2.45, 2.75) is 38.6 Å². The van der Waals surface area contributed by atoms with Crippen molar-refractivity contribution in [2.75, 3.05) is 25.5 Å². The van der Waals surface area contributed by atoms with Crippen LogP contribution in [0.15, 0.2) is 140 Å². The molecule has 0 aromatic heterocycles. The highest BCUT2D eigenvalue weighted by Gasteiger charge is 2.38. The largest absolute Gasteiger partial charge is 0.457 e. The van der Waals surface area contributed by atoms with Gasteiger partial charge in [-0.3, -0.25) is 0 Å². The lowest BCUT2D eigenvalue weighted by molar-refractivity contribution is -0.275. The van der Waals surface area contributed by atoms with Crippen molar-refractivity contribution in [3.05, 3.63) is 162 Å². The third-order valence-electron chi connectivity index (χ3n) is 9.04. The van der Waals surface area contributed by atoms with Crippen LogP contribution >= 0.6 is 0 Å². The molecule has 51 heavy (non-hydrogen) atoms. The molecule has 1 aliphatic rings. The number of carbonyl (C=O) groups is 1. The number of aliphatic hydroxyl groups is 1. The summed E-state index contributed by atoms with van der Waals surface area (Å²) < 4.78 is 19.1. The van der Waals surface area contributed by atoms with Gasteiger partial charge in [0.25, 0.3) is 0 Å². The van der Waals surface area contributed by atoms with Crippen molar-refractivity contribution in [1.82, 2.24) is 10.2 Å². The summed E-state index contributed by atoms with van der Waals surface area (Å²) in [6.45, 7) is 7.94. The summed E-state index contributed by atoms with van der Waals surface area (Å²) in [4.78, 5) is 14.9. The van der Waals surface area contributed by atoms with Gasteiger partial charge >= 0.3 is 6.03 Å². The average molecular weight is 684 g/mol. The van der Waals surface area contributed by atoms with Crippen molar-refractivity contribution in [1.29, 1.82) is 0 Å². The number of amides is 2. The first-order valence-corrected chi connectivity index (χ1v) is 17.3. The molecule has 0 spiro atoms. The molecule has 0 aliphatic carbocycles. The number of urea groups is 1. The summed E-state index contributed by atoms with van der Waals surface area (Å²) >= 11 is 0. The highest BCUT2D eigenvalue weighted by molar-refractivity contribution is 5.89. The van der Waals surface area contributed by atoms with Crippen LogP contribution < -0.4 is 15.4 Å². The van der Waals surface area contributed by atoms with E-state index < -0.39 is 6.29 Å². The zero-order chi connectivity index (χ0) is 35.6. The number of ether oxygens (including phenoxy) is 3. The van der Waals surface area contributed by atoms with Gasteiger partial charge in [-0.15, -0.1) is 6.58 Å². The second-order valence-electron chi connectivity index (χ2n) is 12.9. The van der Waals surface area contributed by atoms with Gasteiger partial charge in [0, 0.05) is 36.8 Å². The van der Waals surface area contributed by atoms with E-state index >= 15 is 0 Å². The van der Waals surface area contributed by atoms with Gasteiger partial charge in [0.2, 0.25) is 0 Å². The number of hydrogen-bond acceptors (Lipinski definition) is 6. The quantitative estimate of drug-likeness (QED) is 0.107. The fourth-order valence-electron chi connectivity index (χ4n) is 6.21. The predicted molar refractivity (Wildman–Crippen MR) is 201 cm³/mol. The Hall–Kier alpha value is -5.25. The topological polar surface area (TPSA) is 92.3 Å². The molecule has 0 bridgehead atoms. The van der Waals surface area contributed by atoms with Crippen molar-refractivity contribution >= 4 is 11.7 Å². The maximum Gasteiger partial charge on any atom is 0.319 e. The number of benzene rings is 5. The molecule has 262 valence electrons. The Morgan fingerprint density at radius 1 is 0.824 bits per heavy atom. The number of aliphatic hydroxyl groups excluding tert-OH is 1. The Morgan fingerprint density at radius 2 is 1.53 bits per heavy atom. The Balaban J connectivity index is 1.08. The molecular weight excluding hydrogens is 638 g/mol. The molecule has 2 amide bonds. The number of nitrogens with zero attached hydrogens (tertiary/aromatic N) is 1. The first kappa shape index (κ1) is 35.6. The minimum Gasteiger partial charge on any atom is -0.457 e. The summed E-state index contributed by atoms with van der Waals surface area (Å²) in [6, 6.07) is 40.9. The molecule has 5 aromatic rings. The third kappa shape index (κ3) is 9.51. The molecule has 0 radical (unpaired) electrons. The molecule has 1 heterocycles. The van der Waals surface area contributed by atoms with Crippen molar-refractivity contribution < 1.29 is 24.1 Å². The second-order valence-corrected chi connectivity index (χ2v) is 12.9. The Kier molecular flexibility index (Phi) is 11.9. The van der Waals surface area contributed by atoms with Crippen LogP contribution in [0.3, 0.4) is 0 Å². The second kappa shape index (κ2) is 17.1. The smallest absolute Gasteiger partial charge is 0.319 e. The average Bonchev–Trinajstić information content (AvgIpc) is 3.16. The molecule has 3 N–H and O–H groups in total. The van der Waals surface area contributed by atoms with Crippen LogP contribution in [-0.4, -0.2) is 42.3 Å². The highest BCUT2D eigenvalue weighted by atomic mass is 16.7. The Labute approximate surface area is 300 Å². The number of likely N-dealkylation sites (N-methyl/N-ethyl adjacent to an activating group) is 1. The lowest BCUT2D eigenvalue weighted by Gasteiger charge is -2.42. The van der Waals surface area contributed by atoms with Crippen LogP contribution in [0.5, 0.6) is 11.5 Å². The van der Waals surface area contributed by atoms with Crippen LogP contribution in [0.1, 0.15) is 41.6 Å². The van der Waals surface area contributed by atoms with Gasteiger partial charge < -0.3 is 34.9 Å². The van der Waals surface area contributed by atoms with Gasteiger partial charge in [0.15, 0.2) is 6.29 Å². The van der Waals surface area contributed by atoms with Crippen molar-refractivity contribution in [3.63, 3.8) is 0 Å². The standard InChI is InChI=1S/C43H45N3O5/c1-4-25-46(3)28-40-30(2)41(34-15-13-31(29-47)14-16-34)51-42(50-40)35-19-17-33(18-20-35)36-10-8-9-32(26-36)27-44-43(48)45-37-21-23-39(24-22-37)49-38-11-6-5-7-12-38/h4-24,26,30,40-42,47H,1,25,27-29H2,2-3H3,(H2,44,45,48). The molecular formula is C43H45N3O5. The first-order valence-electron chi connectivity index (χ1n) is 17.3. The number of anilines is 1. The summed E-state index contributed by atoms with van der Waals surface area (Å²) in [5, 5.41) is 15.4. The zero-order valence-electron chi connectivity index (χ0n) is 29.1. The number of nitrogens with one attached hydrogen (secondary N) is 2. The molecule has 5 aromatic carbocycles. The Morgan fingerprint density at radius 3 is 2.24 bits per heavy atom. The summed E-state index contributed by atoms with van der Waals surface area (Å²) in [7, 11) is 2.07. The highest BCUT2D eigenvalue weighted by Crippen LogP contribution is 2.42. The molecule has 8 heteroatoms. The van der Waals surface area contributed by atoms with E-state index in [1.165, 1.54) is 0 Å². The molecule has 8 nitrogen and oxygen atoms in total. The number of carbonyl (C=O) groups excluding carboxylic acids is 1. The summed E-state index contributed by atoms with van der Waals surface area (Å²) in [5.74, 6) is 1.55. The molecule has 4 unspecified atom stereocenters. The normalized spacial score (nSPS) is 18.6. The Bertz CT molecular complexity index is 1860. The maximum absolute atomic E-state index is 12.7. The third-order valence-corrected chi connectivity index (χ3v) is 9.04. The maximum atomic E-state index is 12.7. The van der Waals surface area contributed by atoms with Crippen LogP contribution in [0, 0.1) is 5.92 Å². The monoisotopic (exact) mass is 683 g/mol. The van der Waals surface area contributed by atoms with E-state index in [9.17, 15) is 9.90 Å². The van der Waals surface area contributed by atoms with E-state index in [0.29, 0.717) is 18.0 Å². The van der Waals surface area contributed by atoms with Crippen molar-refractivity contribution in [2.24, 2.45) is 5.92 Å². The first-order chi connectivity index (χ1) is 24.9. The predicted octanol–water partition coefficient (Wildman–Crippen LogP) is 8.87. The summed E-state index contributed by atoms with van der Waals surface area (Å²) in [5.41, 5.74) is 6.61. The van der Waals surface area contributed by atoms with Crippen molar-refractivity contribution in [3.8, 4) is 22.6 Å². The van der Waals surface area contributed by atoms with E-state index in [1.807, 2.05) is 97.1 Å². The van der Waals surface area contributed by atoms with E-state index in [0.717, 1.165) is 52.2 Å². The molecule has 1 saturated heterocycles. The number of rotatable bonds is 13. The zero-order valence-corrected chi connectivity index (χ0v) is 29.1. The molecule has 6 rings (SSSR count). The SMILES string of the molecule is C=CCN(C)CC1OC(c2ccc(-c3cccc(CNC(=O)Nc4ccc(Oc5ccccc5)cc4)c3)cc2)OC(c2ccc(CO)cc2)C1C. The fraction of sp³-hybridized carbons (Fsp3) is 0.233. The van der Waals surface area contributed by atoms with Crippen LogP contribution in [-0.2, 0) is 22.6 Å².